The summed E-state index contributed by atoms with van der Waals surface area (Å²) in [6.45, 7) is 0. The second-order valence-electron chi connectivity index (χ2n) is 3.60. The molecular formula is C8H10BrN3O3. The monoisotopic (exact) mass is 275 g/mol. The summed E-state index contributed by atoms with van der Waals surface area (Å²) in [4.78, 5) is 10.0. The average Bonchev–Trinajstić information content (AvgIpc) is 2.71. The minimum Gasteiger partial charge on any atom is -0.391 e. The Morgan fingerprint density at radius 3 is 2.87 bits per heavy atom. The summed E-state index contributed by atoms with van der Waals surface area (Å²) in [6, 6.07) is -0.130. The lowest BCUT2D eigenvalue weighted by Crippen LogP contribution is -2.18. The number of hydrogen-bond donors (Lipinski definition) is 1. The van der Waals surface area contributed by atoms with Gasteiger partial charge in [-0.15, -0.1) is 0 Å². The average molecular weight is 276 g/mol. The van der Waals surface area contributed by atoms with Crippen LogP contribution in [0.3, 0.4) is 0 Å². The Kier molecular flexibility index (Phi) is 2.74. The maximum Gasteiger partial charge on any atom is 0.404 e. The summed E-state index contributed by atoms with van der Waals surface area (Å²) in [5, 5.41) is 24.1. The molecule has 0 aromatic carbocycles. The number of aliphatic hydroxyl groups excluding tert-OH is 1. The topological polar surface area (TPSA) is 81.2 Å². The molecule has 0 unspecified atom stereocenters. The number of hydrogen-bond acceptors (Lipinski definition) is 4. The highest BCUT2D eigenvalue weighted by atomic mass is 79.9. The van der Waals surface area contributed by atoms with Gasteiger partial charge in [-0.1, -0.05) is 0 Å². The van der Waals surface area contributed by atoms with E-state index < -0.39 is 11.0 Å². The molecule has 2 atom stereocenters. The Labute approximate surface area is 94.2 Å². The minimum absolute atomic E-state index is 0.130. The first-order chi connectivity index (χ1) is 7.09. The molecule has 82 valence electrons. The standard InChI is InChI=1S/C8H10BrN3O3/c9-5-4-11(10-8(5)12(14)15)6-2-1-3-7(6)13/h4,6-7,13H,1-3H2/t6-,7-/m0/s1. The molecular weight excluding hydrogens is 266 g/mol. The highest BCUT2D eigenvalue weighted by molar-refractivity contribution is 9.10. The van der Waals surface area contributed by atoms with Gasteiger partial charge >= 0.3 is 5.82 Å². The number of nitrogens with zero attached hydrogens (tertiary/aromatic N) is 3. The normalized spacial score (nSPS) is 25.7. The van der Waals surface area contributed by atoms with Gasteiger partial charge in [0.15, 0.2) is 0 Å². The second-order valence-corrected chi connectivity index (χ2v) is 4.46. The third-order valence-electron chi connectivity index (χ3n) is 2.63. The Hall–Kier alpha value is -0.950. The van der Waals surface area contributed by atoms with Crippen molar-refractivity contribution in [1.29, 1.82) is 0 Å². The van der Waals surface area contributed by atoms with E-state index in [1.54, 1.807) is 6.20 Å². The summed E-state index contributed by atoms with van der Waals surface area (Å²) < 4.78 is 1.84. The lowest BCUT2D eigenvalue weighted by molar-refractivity contribution is -0.390. The minimum atomic E-state index is -0.540. The van der Waals surface area contributed by atoms with Crippen molar-refractivity contribution in [2.75, 3.05) is 0 Å². The predicted molar refractivity (Wildman–Crippen MR) is 55.5 cm³/mol. The first kappa shape index (κ1) is 10.6. The lowest BCUT2D eigenvalue weighted by atomic mass is 10.2. The Morgan fingerprint density at radius 1 is 1.67 bits per heavy atom. The molecule has 1 aliphatic rings. The van der Waals surface area contributed by atoms with Gasteiger partial charge in [-0.2, -0.15) is 4.68 Å². The van der Waals surface area contributed by atoms with Crippen LogP contribution in [0.5, 0.6) is 0 Å². The van der Waals surface area contributed by atoms with Crippen molar-refractivity contribution >= 4 is 21.7 Å². The number of aliphatic hydroxyl groups is 1. The van der Waals surface area contributed by atoms with Gasteiger partial charge in [0.1, 0.15) is 4.47 Å². The van der Waals surface area contributed by atoms with E-state index in [9.17, 15) is 15.2 Å². The van der Waals surface area contributed by atoms with Crippen LogP contribution in [0.1, 0.15) is 25.3 Å². The first-order valence-electron chi connectivity index (χ1n) is 4.66. The van der Waals surface area contributed by atoms with Crippen LogP contribution in [0.25, 0.3) is 0 Å². The molecule has 15 heavy (non-hydrogen) atoms. The summed E-state index contributed by atoms with van der Waals surface area (Å²) in [6.07, 6.45) is 3.58. The molecule has 1 aromatic heterocycles. The third-order valence-corrected chi connectivity index (χ3v) is 3.19. The van der Waals surface area contributed by atoms with Crippen LogP contribution < -0.4 is 0 Å². The first-order valence-corrected chi connectivity index (χ1v) is 5.46. The number of aromatic nitrogens is 2. The maximum atomic E-state index is 10.6. The fourth-order valence-electron chi connectivity index (χ4n) is 1.88. The number of halogens is 1. The fraction of sp³-hybridized carbons (Fsp3) is 0.625. The van der Waals surface area contributed by atoms with Crippen molar-refractivity contribution in [3.63, 3.8) is 0 Å². The van der Waals surface area contributed by atoms with E-state index in [1.807, 2.05) is 0 Å². The van der Waals surface area contributed by atoms with Gasteiger partial charge in [-0.05, 0) is 40.1 Å². The van der Waals surface area contributed by atoms with Gasteiger partial charge in [-0.3, -0.25) is 0 Å². The molecule has 1 heterocycles. The van der Waals surface area contributed by atoms with Crippen LogP contribution in [0.15, 0.2) is 10.7 Å². The molecule has 1 aromatic rings. The molecule has 6 nitrogen and oxygen atoms in total. The second kappa shape index (κ2) is 3.90. The molecule has 0 bridgehead atoms. The zero-order valence-electron chi connectivity index (χ0n) is 7.84. The molecule has 0 aliphatic heterocycles. The number of nitro groups is 1. The van der Waals surface area contributed by atoms with Gasteiger partial charge in [0.2, 0.25) is 0 Å². The van der Waals surface area contributed by atoms with Crippen LogP contribution >= 0.6 is 15.9 Å². The van der Waals surface area contributed by atoms with E-state index in [2.05, 4.69) is 21.0 Å². The smallest absolute Gasteiger partial charge is 0.391 e. The molecule has 0 spiro atoms. The molecule has 7 heteroatoms. The van der Waals surface area contributed by atoms with Crippen LogP contribution in [0, 0.1) is 10.1 Å². The number of rotatable bonds is 2. The largest absolute Gasteiger partial charge is 0.404 e. The Balaban J connectivity index is 2.29. The molecule has 0 amide bonds. The van der Waals surface area contributed by atoms with Crippen molar-refractivity contribution < 1.29 is 10.0 Å². The van der Waals surface area contributed by atoms with Gasteiger partial charge in [0.05, 0.1) is 23.4 Å². The van der Waals surface area contributed by atoms with E-state index in [4.69, 9.17) is 0 Å². The Morgan fingerprint density at radius 2 is 2.40 bits per heavy atom. The van der Waals surface area contributed by atoms with Crippen molar-refractivity contribution in [1.82, 2.24) is 9.78 Å². The van der Waals surface area contributed by atoms with E-state index in [0.717, 1.165) is 19.3 Å². The highest BCUT2D eigenvalue weighted by Crippen LogP contribution is 2.32. The van der Waals surface area contributed by atoms with Crippen molar-refractivity contribution in [2.24, 2.45) is 0 Å². The SMILES string of the molecule is O=[N+]([O-])c1nn([C@H]2CCC[C@@H]2O)cc1Br. The van der Waals surface area contributed by atoms with E-state index in [1.165, 1.54) is 4.68 Å². The van der Waals surface area contributed by atoms with Gasteiger partial charge in [0, 0.05) is 0 Å². The summed E-state index contributed by atoms with van der Waals surface area (Å²) in [5.41, 5.74) is 0. The van der Waals surface area contributed by atoms with Crippen molar-refractivity contribution in [3.05, 3.63) is 20.8 Å². The lowest BCUT2D eigenvalue weighted by Gasteiger charge is -2.10. The zero-order chi connectivity index (χ0) is 11.0. The predicted octanol–water partition coefficient (Wildman–Crippen LogP) is 1.64. The zero-order valence-corrected chi connectivity index (χ0v) is 9.42. The molecule has 0 radical (unpaired) electrons. The van der Waals surface area contributed by atoms with Crippen LogP contribution in [0.4, 0.5) is 5.82 Å². The van der Waals surface area contributed by atoms with Crippen molar-refractivity contribution in [3.8, 4) is 0 Å². The maximum absolute atomic E-state index is 10.6. The Bertz CT molecular complexity index is 392. The summed E-state index contributed by atoms with van der Waals surface area (Å²) in [5.74, 6) is -0.200. The molecule has 1 N–H and O–H groups in total. The van der Waals surface area contributed by atoms with E-state index in [-0.39, 0.29) is 11.9 Å². The van der Waals surface area contributed by atoms with Gasteiger partial charge in [-0.25, -0.2) is 0 Å². The molecule has 1 saturated carbocycles. The van der Waals surface area contributed by atoms with Crippen LogP contribution in [-0.2, 0) is 0 Å². The van der Waals surface area contributed by atoms with Crippen LogP contribution in [0.2, 0.25) is 0 Å². The van der Waals surface area contributed by atoms with Crippen LogP contribution in [-0.4, -0.2) is 25.9 Å². The molecule has 1 aliphatic carbocycles. The van der Waals surface area contributed by atoms with Gasteiger partial charge < -0.3 is 15.2 Å². The third kappa shape index (κ3) is 1.89. The summed E-state index contributed by atoms with van der Waals surface area (Å²) in [7, 11) is 0. The van der Waals surface area contributed by atoms with E-state index in [0.29, 0.717) is 4.47 Å². The van der Waals surface area contributed by atoms with E-state index >= 15 is 0 Å². The summed E-state index contributed by atoms with van der Waals surface area (Å²) >= 11 is 3.08. The van der Waals surface area contributed by atoms with Crippen molar-refractivity contribution in [2.45, 2.75) is 31.4 Å². The molecule has 1 fully saturated rings. The molecule has 2 rings (SSSR count). The quantitative estimate of drug-likeness (QED) is 0.657. The van der Waals surface area contributed by atoms with Gasteiger partial charge in [0.25, 0.3) is 0 Å². The fourth-order valence-corrected chi connectivity index (χ4v) is 2.32. The highest BCUT2D eigenvalue weighted by Gasteiger charge is 2.31. The molecule has 0 saturated heterocycles.